The molecule has 0 bridgehead atoms. The number of thioether (sulfide) groups is 1. The minimum atomic E-state index is -1.29. The quantitative estimate of drug-likeness (QED) is 0.699. The molecule has 1 aliphatic heterocycles. The summed E-state index contributed by atoms with van der Waals surface area (Å²) in [5.74, 6) is -3.41. The molecule has 2 aromatic rings. The molecule has 0 spiro atoms. The van der Waals surface area contributed by atoms with Crippen LogP contribution in [0.2, 0.25) is 0 Å². The fraction of sp³-hybridized carbons (Fsp3) is 0.300. The SMILES string of the molecule is O=C(S[C@@H]1C[C@@H](COCc2cc(F)c(F)cc2F)N(C(=O)O)C1)c1ccccc1. The molecule has 3 rings (SSSR count). The number of carbonyl (C=O) groups excluding carboxylic acids is 1. The van der Waals surface area contributed by atoms with Gasteiger partial charge in [0.25, 0.3) is 0 Å². The molecule has 1 amide bonds. The van der Waals surface area contributed by atoms with Gasteiger partial charge in [0.05, 0.1) is 19.3 Å². The van der Waals surface area contributed by atoms with Gasteiger partial charge in [0.2, 0.25) is 5.12 Å². The molecule has 9 heteroatoms. The molecule has 1 heterocycles. The van der Waals surface area contributed by atoms with Crippen molar-refractivity contribution in [2.75, 3.05) is 13.2 Å². The van der Waals surface area contributed by atoms with Crippen LogP contribution in [0.15, 0.2) is 42.5 Å². The number of rotatable bonds is 6. The van der Waals surface area contributed by atoms with Gasteiger partial charge >= 0.3 is 6.09 Å². The number of carbonyl (C=O) groups is 2. The van der Waals surface area contributed by atoms with Gasteiger partial charge in [-0.1, -0.05) is 42.1 Å². The second-order valence-corrected chi connectivity index (χ2v) is 7.86. The van der Waals surface area contributed by atoms with Crippen molar-refractivity contribution in [1.82, 2.24) is 4.90 Å². The molecule has 2 aromatic carbocycles. The van der Waals surface area contributed by atoms with Crippen molar-refractivity contribution in [1.29, 1.82) is 0 Å². The molecule has 0 aromatic heterocycles. The Labute approximate surface area is 169 Å². The number of nitrogens with zero attached hydrogens (tertiary/aromatic N) is 1. The van der Waals surface area contributed by atoms with Gasteiger partial charge in [-0.25, -0.2) is 18.0 Å². The first-order valence-corrected chi connectivity index (χ1v) is 9.70. The molecule has 0 saturated carbocycles. The van der Waals surface area contributed by atoms with Crippen molar-refractivity contribution in [3.8, 4) is 0 Å². The normalized spacial score (nSPS) is 18.8. The maximum absolute atomic E-state index is 13.7. The van der Waals surface area contributed by atoms with Crippen LogP contribution >= 0.6 is 11.8 Å². The standard InChI is InChI=1S/C20H18F3NO4S/c21-16-8-18(23)17(22)6-13(16)10-28-11-14-7-15(9-24(14)20(26)27)29-19(25)12-4-2-1-3-5-12/h1-6,8,14-15H,7,9-11H2,(H,26,27)/t14-,15+/m0/s1. The molecular formula is C20H18F3NO4S. The summed E-state index contributed by atoms with van der Waals surface area (Å²) in [7, 11) is 0. The highest BCUT2D eigenvalue weighted by Crippen LogP contribution is 2.30. The molecule has 5 nitrogen and oxygen atoms in total. The summed E-state index contributed by atoms with van der Waals surface area (Å²) >= 11 is 1.07. The monoisotopic (exact) mass is 425 g/mol. The van der Waals surface area contributed by atoms with E-state index in [1.165, 1.54) is 4.90 Å². The smallest absolute Gasteiger partial charge is 0.407 e. The van der Waals surface area contributed by atoms with E-state index >= 15 is 0 Å². The summed E-state index contributed by atoms with van der Waals surface area (Å²) in [6.45, 7) is -0.221. The molecule has 29 heavy (non-hydrogen) atoms. The summed E-state index contributed by atoms with van der Waals surface area (Å²) < 4.78 is 45.3. The third-order valence-corrected chi connectivity index (χ3v) is 5.69. The topological polar surface area (TPSA) is 66.8 Å². The predicted octanol–water partition coefficient (Wildman–Crippen LogP) is 4.32. The van der Waals surface area contributed by atoms with Crippen molar-refractivity contribution in [3.63, 3.8) is 0 Å². The van der Waals surface area contributed by atoms with Gasteiger partial charge in [-0.3, -0.25) is 4.79 Å². The molecule has 1 fully saturated rings. The van der Waals surface area contributed by atoms with Crippen LogP contribution in [0.3, 0.4) is 0 Å². The van der Waals surface area contributed by atoms with Gasteiger partial charge in [0.15, 0.2) is 11.6 Å². The van der Waals surface area contributed by atoms with Crippen LogP contribution in [-0.4, -0.2) is 45.7 Å². The summed E-state index contributed by atoms with van der Waals surface area (Å²) in [6.07, 6.45) is -0.761. The van der Waals surface area contributed by atoms with Gasteiger partial charge in [0, 0.05) is 29.0 Å². The Morgan fingerprint density at radius 1 is 1.10 bits per heavy atom. The third kappa shape index (κ3) is 5.30. The average Bonchev–Trinajstić information content (AvgIpc) is 3.09. The number of ether oxygens (including phenoxy) is 1. The van der Waals surface area contributed by atoms with Gasteiger partial charge in [0.1, 0.15) is 5.82 Å². The molecule has 1 aliphatic rings. The van der Waals surface area contributed by atoms with E-state index in [1.54, 1.807) is 30.3 Å². The number of hydrogen-bond donors (Lipinski definition) is 1. The first-order chi connectivity index (χ1) is 13.8. The Morgan fingerprint density at radius 2 is 1.79 bits per heavy atom. The lowest BCUT2D eigenvalue weighted by atomic mass is 10.2. The first kappa shape index (κ1) is 21.2. The highest BCUT2D eigenvalue weighted by Gasteiger charge is 2.37. The van der Waals surface area contributed by atoms with Gasteiger partial charge in [-0.2, -0.15) is 0 Å². The maximum Gasteiger partial charge on any atom is 0.407 e. The van der Waals surface area contributed by atoms with Crippen molar-refractivity contribution in [2.24, 2.45) is 0 Å². The van der Waals surface area contributed by atoms with Crippen molar-refractivity contribution >= 4 is 23.0 Å². The lowest BCUT2D eigenvalue weighted by Gasteiger charge is -2.21. The Balaban J connectivity index is 1.57. The zero-order valence-corrected chi connectivity index (χ0v) is 16.0. The van der Waals surface area contributed by atoms with E-state index in [2.05, 4.69) is 0 Å². The number of benzene rings is 2. The van der Waals surface area contributed by atoms with Crippen LogP contribution in [-0.2, 0) is 11.3 Å². The van der Waals surface area contributed by atoms with Gasteiger partial charge in [-0.05, 0) is 12.5 Å². The fourth-order valence-electron chi connectivity index (χ4n) is 3.12. The average molecular weight is 425 g/mol. The zero-order valence-electron chi connectivity index (χ0n) is 15.2. The van der Waals surface area contributed by atoms with Crippen molar-refractivity contribution in [3.05, 3.63) is 71.0 Å². The van der Waals surface area contributed by atoms with E-state index in [-0.39, 0.29) is 35.7 Å². The molecule has 1 N–H and O–H groups in total. The third-order valence-electron chi connectivity index (χ3n) is 4.56. The first-order valence-electron chi connectivity index (χ1n) is 8.82. The largest absolute Gasteiger partial charge is 0.465 e. The second kappa shape index (κ2) is 9.32. The molecule has 0 radical (unpaired) electrons. The lowest BCUT2D eigenvalue weighted by Crippen LogP contribution is -2.37. The Kier molecular flexibility index (Phi) is 6.81. The highest BCUT2D eigenvalue weighted by atomic mass is 32.2. The number of hydrogen-bond acceptors (Lipinski definition) is 4. The van der Waals surface area contributed by atoms with Crippen LogP contribution < -0.4 is 0 Å². The summed E-state index contributed by atoms with van der Waals surface area (Å²) in [4.78, 5) is 25.0. The molecule has 1 saturated heterocycles. The van der Waals surface area contributed by atoms with Crippen LogP contribution in [0.1, 0.15) is 22.3 Å². The summed E-state index contributed by atoms with van der Waals surface area (Å²) in [5, 5.41) is 9.01. The number of carboxylic acid groups (broad SMARTS) is 1. The van der Waals surface area contributed by atoms with E-state index in [0.29, 0.717) is 24.1 Å². The fourth-order valence-corrected chi connectivity index (χ4v) is 4.25. The van der Waals surface area contributed by atoms with Crippen LogP contribution in [0.25, 0.3) is 0 Å². The Morgan fingerprint density at radius 3 is 2.48 bits per heavy atom. The van der Waals surface area contributed by atoms with E-state index < -0.39 is 29.6 Å². The van der Waals surface area contributed by atoms with E-state index in [9.17, 15) is 27.9 Å². The van der Waals surface area contributed by atoms with Crippen molar-refractivity contribution < 1.29 is 32.6 Å². The summed E-state index contributed by atoms with van der Waals surface area (Å²) in [5.41, 5.74) is 0.377. The van der Waals surface area contributed by atoms with Crippen molar-refractivity contribution in [2.45, 2.75) is 24.3 Å². The van der Waals surface area contributed by atoms with Crippen LogP contribution in [0.5, 0.6) is 0 Å². The van der Waals surface area contributed by atoms with Gasteiger partial charge in [-0.15, -0.1) is 0 Å². The molecule has 0 aliphatic carbocycles. The molecule has 2 atom stereocenters. The van der Waals surface area contributed by atoms with Crippen LogP contribution in [0, 0.1) is 17.5 Å². The second-order valence-electron chi connectivity index (χ2n) is 6.59. The van der Waals surface area contributed by atoms with Crippen LogP contribution in [0.4, 0.5) is 18.0 Å². The summed E-state index contributed by atoms with van der Waals surface area (Å²) in [6, 6.07) is 9.31. The minimum absolute atomic E-state index is 0.0542. The Hall–Kier alpha value is -2.52. The van der Waals surface area contributed by atoms with E-state index in [0.717, 1.165) is 11.8 Å². The minimum Gasteiger partial charge on any atom is -0.465 e. The lowest BCUT2D eigenvalue weighted by molar-refractivity contribution is 0.0629. The molecule has 154 valence electrons. The molecule has 0 unspecified atom stereocenters. The number of amides is 1. The number of halogens is 3. The van der Waals surface area contributed by atoms with E-state index in [1.807, 2.05) is 0 Å². The van der Waals surface area contributed by atoms with Gasteiger partial charge < -0.3 is 14.7 Å². The Bertz CT molecular complexity index is 897. The van der Waals surface area contributed by atoms with E-state index in [4.69, 9.17) is 4.74 Å². The molecular weight excluding hydrogens is 407 g/mol. The maximum atomic E-state index is 13.7. The highest BCUT2D eigenvalue weighted by molar-refractivity contribution is 8.14. The number of likely N-dealkylation sites (tertiary alicyclic amines) is 1. The predicted molar refractivity (Wildman–Crippen MR) is 101 cm³/mol. The zero-order chi connectivity index (χ0) is 21.0.